The Bertz CT molecular complexity index is 1140. The lowest BCUT2D eigenvalue weighted by Gasteiger charge is -2.25. The SMILES string of the molecule is C=C/C(=C\C(=C)[S@@](C)(=O)=CC)NC(=O)c1c(N2CCCC(F)(F)CC2)nnc(C(F)(F)F)c1C.[HH]. The molecule has 1 aliphatic heterocycles. The van der Waals surface area contributed by atoms with Gasteiger partial charge in [-0.05, 0) is 52.9 Å². The molecule has 1 aliphatic rings. The Kier molecular flexibility index (Phi) is 8.28. The third-order valence-electron chi connectivity index (χ3n) is 5.48. The van der Waals surface area contributed by atoms with Crippen molar-refractivity contribution in [3.8, 4) is 0 Å². The van der Waals surface area contributed by atoms with Crippen LogP contribution < -0.4 is 10.2 Å². The lowest BCUT2D eigenvalue weighted by atomic mass is 10.1. The maximum Gasteiger partial charge on any atom is 0.435 e. The molecular weight excluding hydrogens is 479 g/mol. The highest BCUT2D eigenvalue weighted by molar-refractivity contribution is 8.04. The van der Waals surface area contributed by atoms with Gasteiger partial charge in [0.25, 0.3) is 5.91 Å². The first-order chi connectivity index (χ1) is 15.6. The molecule has 0 spiro atoms. The van der Waals surface area contributed by atoms with E-state index < -0.39 is 50.8 Å². The fraction of sp³-hybridized carbons (Fsp3) is 0.455. The number of anilines is 1. The first-order valence-corrected chi connectivity index (χ1v) is 12.4. The molecule has 34 heavy (non-hydrogen) atoms. The molecule has 2 rings (SSSR count). The fourth-order valence-electron chi connectivity index (χ4n) is 3.33. The number of hydrogen-bond donors (Lipinski definition) is 1. The number of nitrogens with zero attached hydrogens (tertiary/aromatic N) is 3. The van der Waals surface area contributed by atoms with E-state index in [0.29, 0.717) is 0 Å². The summed E-state index contributed by atoms with van der Waals surface area (Å²) in [6.45, 7) is 9.78. The summed E-state index contributed by atoms with van der Waals surface area (Å²) in [7, 11) is -2.57. The summed E-state index contributed by atoms with van der Waals surface area (Å²) in [4.78, 5) is 14.7. The number of nitrogens with one attached hydrogen (secondary N) is 1. The monoisotopic (exact) mass is 508 g/mol. The average Bonchev–Trinajstić information content (AvgIpc) is 2.92. The number of aromatic nitrogens is 2. The third kappa shape index (κ3) is 6.43. The van der Waals surface area contributed by atoms with Crippen LogP contribution in [0.15, 0.2) is 35.9 Å². The van der Waals surface area contributed by atoms with E-state index in [9.17, 15) is 31.0 Å². The molecule has 190 valence electrons. The largest absolute Gasteiger partial charge is 0.435 e. The summed E-state index contributed by atoms with van der Waals surface area (Å²) >= 11 is 0. The van der Waals surface area contributed by atoms with E-state index in [1.54, 1.807) is 6.92 Å². The minimum absolute atomic E-state index is 0. The predicted octanol–water partition coefficient (Wildman–Crippen LogP) is 4.73. The standard InChI is InChI=1S/C22H27F5N4O2S.H2/c1-6-16(13-14(3)34(5,33)7-2)28-20(32)17-15(4)18(22(25,26)27)29-30-19(17)31-11-8-9-21(23,24)10-12-31;/h6-7,13H,1,3,8-12H2,2,4-5H3,(H,28,32);1H/b16-13+;/t34-;/m0./s1. The van der Waals surface area contributed by atoms with Gasteiger partial charge in [-0.25, -0.2) is 8.78 Å². The molecule has 12 heteroatoms. The van der Waals surface area contributed by atoms with Gasteiger partial charge in [0, 0.05) is 44.2 Å². The summed E-state index contributed by atoms with van der Waals surface area (Å²) in [5.74, 6) is -4.11. The quantitative estimate of drug-likeness (QED) is 0.342. The van der Waals surface area contributed by atoms with Crippen molar-refractivity contribution in [2.75, 3.05) is 24.2 Å². The van der Waals surface area contributed by atoms with Gasteiger partial charge in [0.05, 0.1) is 5.56 Å². The van der Waals surface area contributed by atoms with Crippen molar-refractivity contribution < 1.29 is 32.4 Å². The molecule has 0 unspecified atom stereocenters. The number of halogens is 5. The van der Waals surface area contributed by atoms with Gasteiger partial charge < -0.3 is 10.2 Å². The first kappa shape index (κ1) is 27.5. The van der Waals surface area contributed by atoms with Crippen molar-refractivity contribution in [2.45, 2.75) is 45.2 Å². The Hall–Kier alpha value is -2.76. The normalized spacial score (nSPS) is 18.5. The van der Waals surface area contributed by atoms with Crippen LogP contribution in [0.25, 0.3) is 0 Å². The number of carbonyl (C=O) groups is 1. The molecule has 6 nitrogen and oxygen atoms in total. The second kappa shape index (κ2) is 10.2. The number of allylic oxidation sites excluding steroid dienone is 2. The molecule has 0 bridgehead atoms. The molecule has 0 radical (unpaired) electrons. The van der Waals surface area contributed by atoms with E-state index in [-0.39, 0.29) is 43.8 Å². The van der Waals surface area contributed by atoms with Crippen molar-refractivity contribution >= 4 is 26.6 Å². The minimum atomic E-state index is -4.88. The minimum Gasteiger partial charge on any atom is -0.354 e. The van der Waals surface area contributed by atoms with Gasteiger partial charge in [-0.15, -0.1) is 10.2 Å². The highest BCUT2D eigenvalue weighted by Gasteiger charge is 2.39. The van der Waals surface area contributed by atoms with Crippen LogP contribution in [0.1, 0.15) is 49.2 Å². The molecule has 0 aliphatic carbocycles. The molecule has 0 aromatic carbocycles. The topological polar surface area (TPSA) is 75.2 Å². The number of hydrogen-bond acceptors (Lipinski definition) is 5. The van der Waals surface area contributed by atoms with Crippen molar-refractivity contribution in [3.05, 3.63) is 52.7 Å². The first-order valence-electron chi connectivity index (χ1n) is 10.3. The molecule has 1 amide bonds. The van der Waals surface area contributed by atoms with E-state index >= 15 is 0 Å². The van der Waals surface area contributed by atoms with Crippen LogP contribution in [0.2, 0.25) is 0 Å². The summed E-state index contributed by atoms with van der Waals surface area (Å²) in [6, 6.07) is 0. The van der Waals surface area contributed by atoms with E-state index in [4.69, 9.17) is 0 Å². The Labute approximate surface area is 197 Å². The second-order valence-corrected chi connectivity index (χ2v) is 10.7. The van der Waals surface area contributed by atoms with Crippen LogP contribution in [-0.4, -0.2) is 50.9 Å². The molecule has 1 aromatic rings. The van der Waals surface area contributed by atoms with Crippen molar-refractivity contribution in [2.24, 2.45) is 0 Å². The van der Waals surface area contributed by atoms with Gasteiger partial charge >= 0.3 is 6.18 Å². The number of carbonyl (C=O) groups excluding carboxylic acids is 1. The maximum absolute atomic E-state index is 13.8. The van der Waals surface area contributed by atoms with Gasteiger partial charge in [-0.3, -0.25) is 9.00 Å². The zero-order valence-electron chi connectivity index (χ0n) is 19.1. The van der Waals surface area contributed by atoms with Crippen molar-refractivity contribution in [1.82, 2.24) is 15.5 Å². The Morgan fingerprint density at radius 3 is 2.47 bits per heavy atom. The molecule has 1 N–H and O–H groups in total. The van der Waals surface area contributed by atoms with Crippen molar-refractivity contribution in [1.29, 1.82) is 0 Å². The molecule has 1 atom stereocenters. The number of amides is 1. The van der Waals surface area contributed by atoms with Gasteiger partial charge in [-0.1, -0.05) is 13.2 Å². The summed E-state index contributed by atoms with van der Waals surface area (Å²) in [5.41, 5.74) is -2.24. The summed E-state index contributed by atoms with van der Waals surface area (Å²) in [5, 5.41) is 10.7. The van der Waals surface area contributed by atoms with Crippen LogP contribution >= 0.6 is 0 Å². The van der Waals surface area contributed by atoms with Crippen LogP contribution in [0.3, 0.4) is 0 Å². The van der Waals surface area contributed by atoms with Crippen LogP contribution in [0.5, 0.6) is 0 Å². The summed E-state index contributed by atoms with van der Waals surface area (Å²) in [6.07, 6.45) is -1.78. The second-order valence-electron chi connectivity index (χ2n) is 7.93. The zero-order valence-corrected chi connectivity index (χ0v) is 20.0. The van der Waals surface area contributed by atoms with Crippen LogP contribution in [0, 0.1) is 6.92 Å². The van der Waals surface area contributed by atoms with Gasteiger partial charge in [0.15, 0.2) is 11.5 Å². The maximum atomic E-state index is 13.8. The van der Waals surface area contributed by atoms with E-state index in [2.05, 4.69) is 28.7 Å². The lowest BCUT2D eigenvalue weighted by molar-refractivity contribution is -0.142. The van der Waals surface area contributed by atoms with Gasteiger partial charge in [0.2, 0.25) is 5.92 Å². The molecular formula is C22H29F5N4O2S. The van der Waals surface area contributed by atoms with Crippen molar-refractivity contribution in [3.63, 3.8) is 0 Å². The zero-order chi connectivity index (χ0) is 25.9. The van der Waals surface area contributed by atoms with E-state index in [1.165, 1.54) is 28.7 Å². The fourth-order valence-corrected chi connectivity index (χ4v) is 3.99. The lowest BCUT2D eigenvalue weighted by Crippen LogP contribution is -2.33. The Balaban J connectivity index is 0.00000612. The van der Waals surface area contributed by atoms with E-state index in [0.717, 1.165) is 6.92 Å². The Morgan fingerprint density at radius 2 is 1.91 bits per heavy atom. The molecule has 0 saturated carbocycles. The third-order valence-corrected chi connectivity index (χ3v) is 7.53. The predicted molar refractivity (Wildman–Crippen MR) is 126 cm³/mol. The Morgan fingerprint density at radius 1 is 1.26 bits per heavy atom. The highest BCUT2D eigenvalue weighted by Crippen LogP contribution is 2.35. The van der Waals surface area contributed by atoms with Crippen LogP contribution in [0.4, 0.5) is 27.8 Å². The molecule has 2 heterocycles. The van der Waals surface area contributed by atoms with Gasteiger partial charge in [-0.2, -0.15) is 13.2 Å². The number of alkyl halides is 5. The smallest absolute Gasteiger partial charge is 0.354 e. The molecule has 1 saturated heterocycles. The molecule has 1 fully saturated rings. The summed E-state index contributed by atoms with van der Waals surface area (Å²) < 4.78 is 80.6. The van der Waals surface area contributed by atoms with Crippen LogP contribution in [-0.2, 0) is 15.7 Å². The van der Waals surface area contributed by atoms with Gasteiger partial charge in [0.1, 0.15) is 0 Å². The molecule has 1 aromatic heterocycles. The highest BCUT2D eigenvalue weighted by atomic mass is 32.2. The average molecular weight is 509 g/mol. The van der Waals surface area contributed by atoms with E-state index in [1.807, 2.05) is 0 Å². The number of rotatable bonds is 6.